The van der Waals surface area contributed by atoms with Crippen molar-refractivity contribution < 1.29 is 23.1 Å². The van der Waals surface area contributed by atoms with Crippen molar-refractivity contribution in [3.05, 3.63) is 41.0 Å². The summed E-state index contributed by atoms with van der Waals surface area (Å²) in [6.45, 7) is 0. The van der Waals surface area contributed by atoms with Crippen LogP contribution >= 0.6 is 0 Å². The maximum absolute atomic E-state index is 12.5. The van der Waals surface area contributed by atoms with Crippen LogP contribution in [-0.4, -0.2) is 11.1 Å². The number of carbonyl (C=O) groups is 1. The Labute approximate surface area is 101 Å². The minimum absolute atomic E-state index is 0.0403. The molecule has 0 radical (unpaired) electrons. The van der Waals surface area contributed by atoms with Crippen molar-refractivity contribution in [2.24, 2.45) is 0 Å². The van der Waals surface area contributed by atoms with Crippen LogP contribution in [0, 0.1) is 11.3 Å². The molecule has 0 aromatic heterocycles. The maximum atomic E-state index is 12.5. The minimum atomic E-state index is -4.61. The number of hydrogen-bond donors (Lipinski definition) is 1. The van der Waals surface area contributed by atoms with E-state index in [9.17, 15) is 18.0 Å². The summed E-state index contributed by atoms with van der Waals surface area (Å²) in [7, 11) is 0. The molecule has 1 aromatic carbocycles. The van der Waals surface area contributed by atoms with E-state index >= 15 is 0 Å². The largest absolute Gasteiger partial charge is 0.478 e. The average molecular weight is 255 g/mol. The zero-order valence-electron chi connectivity index (χ0n) is 9.03. The third-order valence-electron chi connectivity index (χ3n) is 2.05. The molecule has 0 aliphatic heterocycles. The van der Waals surface area contributed by atoms with Crippen LogP contribution < -0.4 is 0 Å². The van der Waals surface area contributed by atoms with E-state index in [1.54, 1.807) is 6.07 Å². The maximum Gasteiger partial charge on any atom is 0.416 e. The second kappa shape index (κ2) is 5.36. The molecule has 0 atom stereocenters. The predicted molar refractivity (Wildman–Crippen MR) is 57.7 cm³/mol. The first kappa shape index (κ1) is 13.8. The van der Waals surface area contributed by atoms with E-state index in [0.29, 0.717) is 6.07 Å². The van der Waals surface area contributed by atoms with Gasteiger partial charge in [-0.3, -0.25) is 0 Å². The van der Waals surface area contributed by atoms with Crippen LogP contribution in [0.2, 0.25) is 0 Å². The smallest absolute Gasteiger partial charge is 0.416 e. The molecule has 1 rings (SSSR count). The van der Waals surface area contributed by atoms with Crippen molar-refractivity contribution in [3.8, 4) is 6.07 Å². The van der Waals surface area contributed by atoms with Gasteiger partial charge in [-0.25, -0.2) is 4.79 Å². The molecule has 0 amide bonds. The van der Waals surface area contributed by atoms with Crippen molar-refractivity contribution in [2.45, 2.75) is 12.6 Å². The quantitative estimate of drug-likeness (QED) is 0.901. The van der Waals surface area contributed by atoms with Crippen molar-refractivity contribution in [1.82, 2.24) is 0 Å². The summed E-state index contributed by atoms with van der Waals surface area (Å²) in [6.07, 6.45) is -1.92. The fourth-order valence-corrected chi connectivity index (χ4v) is 1.28. The third kappa shape index (κ3) is 3.63. The average Bonchev–Trinajstić information content (AvgIpc) is 2.28. The minimum Gasteiger partial charge on any atom is -0.478 e. The first-order valence-corrected chi connectivity index (χ1v) is 4.83. The highest BCUT2D eigenvalue weighted by Crippen LogP contribution is 2.31. The molecule has 0 saturated heterocycles. The van der Waals surface area contributed by atoms with Gasteiger partial charge in [0, 0.05) is 0 Å². The van der Waals surface area contributed by atoms with E-state index in [2.05, 4.69) is 0 Å². The topological polar surface area (TPSA) is 61.1 Å². The number of alkyl halides is 3. The van der Waals surface area contributed by atoms with Gasteiger partial charge in [0.15, 0.2) is 0 Å². The molecule has 0 fully saturated rings. The first-order valence-electron chi connectivity index (χ1n) is 4.83. The molecule has 18 heavy (non-hydrogen) atoms. The number of carboxylic acid groups (broad SMARTS) is 1. The van der Waals surface area contributed by atoms with Crippen LogP contribution in [0.5, 0.6) is 0 Å². The Morgan fingerprint density at radius 2 is 2.06 bits per heavy atom. The molecule has 0 aliphatic carbocycles. The highest BCUT2D eigenvalue weighted by atomic mass is 19.4. The molecular formula is C12H8F3NO2. The Kier molecular flexibility index (Phi) is 4.10. The summed E-state index contributed by atoms with van der Waals surface area (Å²) < 4.78 is 37.6. The molecule has 1 aromatic rings. The number of benzene rings is 1. The van der Waals surface area contributed by atoms with Gasteiger partial charge in [-0.1, -0.05) is 12.2 Å². The van der Waals surface area contributed by atoms with Crippen LogP contribution in [0.1, 0.15) is 27.9 Å². The Balaban J connectivity index is 3.23. The standard InChI is InChI=1S/C12H8F3NO2/c13-12(14,15)10-6-8(3-1-2-4-16)5-9(7-10)11(17)18/h1,3,5-7H,2H2,(H,17,18). The number of carboxylic acids is 1. The summed E-state index contributed by atoms with van der Waals surface area (Å²) in [6, 6.07) is 4.32. The number of hydrogen-bond acceptors (Lipinski definition) is 2. The second-order valence-electron chi connectivity index (χ2n) is 3.41. The van der Waals surface area contributed by atoms with E-state index < -0.39 is 23.3 Å². The van der Waals surface area contributed by atoms with Gasteiger partial charge in [0.2, 0.25) is 0 Å². The summed E-state index contributed by atoms with van der Waals surface area (Å²) in [5.74, 6) is -1.43. The normalized spacial score (nSPS) is 11.4. The molecular weight excluding hydrogens is 247 g/mol. The Hall–Kier alpha value is -2.29. The Bertz CT molecular complexity index is 527. The Morgan fingerprint density at radius 3 is 2.56 bits per heavy atom. The van der Waals surface area contributed by atoms with Crippen molar-refractivity contribution in [3.63, 3.8) is 0 Å². The van der Waals surface area contributed by atoms with Crippen LogP contribution in [0.25, 0.3) is 6.08 Å². The molecule has 0 aliphatic rings. The molecule has 0 bridgehead atoms. The second-order valence-corrected chi connectivity index (χ2v) is 3.41. The van der Waals surface area contributed by atoms with Gasteiger partial charge in [0.1, 0.15) is 0 Å². The zero-order valence-corrected chi connectivity index (χ0v) is 9.03. The molecule has 0 heterocycles. The van der Waals surface area contributed by atoms with Gasteiger partial charge in [-0.05, 0) is 23.8 Å². The van der Waals surface area contributed by atoms with E-state index in [0.717, 1.165) is 12.1 Å². The molecule has 0 unspecified atom stereocenters. The van der Waals surface area contributed by atoms with Crippen LogP contribution in [0.3, 0.4) is 0 Å². The molecule has 1 N–H and O–H groups in total. The molecule has 3 nitrogen and oxygen atoms in total. The van der Waals surface area contributed by atoms with Crippen LogP contribution in [-0.2, 0) is 6.18 Å². The molecule has 94 valence electrons. The van der Waals surface area contributed by atoms with Crippen molar-refractivity contribution in [2.75, 3.05) is 0 Å². The number of rotatable bonds is 3. The van der Waals surface area contributed by atoms with Gasteiger partial charge >= 0.3 is 12.1 Å². The third-order valence-corrected chi connectivity index (χ3v) is 2.05. The van der Waals surface area contributed by atoms with Crippen LogP contribution in [0.4, 0.5) is 13.2 Å². The zero-order chi connectivity index (χ0) is 13.8. The fraction of sp³-hybridized carbons (Fsp3) is 0.167. The van der Waals surface area contributed by atoms with E-state index in [1.165, 1.54) is 12.2 Å². The van der Waals surface area contributed by atoms with E-state index in [4.69, 9.17) is 10.4 Å². The molecule has 0 saturated carbocycles. The van der Waals surface area contributed by atoms with Gasteiger partial charge in [-0.15, -0.1) is 0 Å². The van der Waals surface area contributed by atoms with Crippen LogP contribution in [0.15, 0.2) is 24.3 Å². The summed E-state index contributed by atoms with van der Waals surface area (Å²) in [4.78, 5) is 10.7. The van der Waals surface area contributed by atoms with Crippen molar-refractivity contribution >= 4 is 12.0 Å². The first-order chi connectivity index (χ1) is 8.34. The highest BCUT2D eigenvalue weighted by molar-refractivity contribution is 5.88. The lowest BCUT2D eigenvalue weighted by Gasteiger charge is -2.08. The van der Waals surface area contributed by atoms with Gasteiger partial charge in [0.05, 0.1) is 23.6 Å². The lowest BCUT2D eigenvalue weighted by molar-refractivity contribution is -0.137. The number of nitriles is 1. The Morgan fingerprint density at radius 1 is 1.39 bits per heavy atom. The molecule has 6 heteroatoms. The van der Waals surface area contributed by atoms with Gasteiger partial charge in [-0.2, -0.15) is 18.4 Å². The lowest BCUT2D eigenvalue weighted by atomic mass is 10.0. The van der Waals surface area contributed by atoms with E-state index in [1.807, 2.05) is 0 Å². The summed E-state index contributed by atoms with van der Waals surface area (Å²) in [5, 5.41) is 17.0. The number of halogens is 3. The number of allylic oxidation sites excluding steroid dienone is 1. The highest BCUT2D eigenvalue weighted by Gasteiger charge is 2.31. The predicted octanol–water partition coefficient (Wildman–Crippen LogP) is 3.33. The summed E-state index contributed by atoms with van der Waals surface area (Å²) in [5.41, 5.74) is -1.38. The molecule has 0 spiro atoms. The summed E-state index contributed by atoms with van der Waals surface area (Å²) >= 11 is 0. The van der Waals surface area contributed by atoms with Gasteiger partial charge in [0.25, 0.3) is 0 Å². The van der Waals surface area contributed by atoms with Crippen molar-refractivity contribution in [1.29, 1.82) is 5.26 Å². The SMILES string of the molecule is N#CCC=Cc1cc(C(=O)O)cc(C(F)(F)F)c1. The monoisotopic (exact) mass is 255 g/mol. The number of nitrogens with zero attached hydrogens (tertiary/aromatic N) is 1. The van der Waals surface area contributed by atoms with E-state index in [-0.39, 0.29) is 12.0 Å². The number of aromatic carboxylic acids is 1. The van der Waals surface area contributed by atoms with Gasteiger partial charge < -0.3 is 5.11 Å². The fourth-order valence-electron chi connectivity index (χ4n) is 1.28. The lowest BCUT2D eigenvalue weighted by Crippen LogP contribution is -2.08.